The van der Waals surface area contributed by atoms with Gasteiger partial charge < -0.3 is 0 Å². The Morgan fingerprint density at radius 2 is 1.82 bits per heavy atom. The fourth-order valence-electron chi connectivity index (χ4n) is 0.872. The van der Waals surface area contributed by atoms with Crippen molar-refractivity contribution < 1.29 is 8.78 Å². The van der Waals surface area contributed by atoms with Crippen LogP contribution in [0.1, 0.15) is 5.56 Å². The van der Waals surface area contributed by atoms with Gasteiger partial charge in [-0.2, -0.15) is 0 Å². The van der Waals surface area contributed by atoms with Gasteiger partial charge in [-0.3, -0.25) is 0 Å². The summed E-state index contributed by atoms with van der Waals surface area (Å²) in [7, 11) is 0. The van der Waals surface area contributed by atoms with Crippen molar-refractivity contribution in [3.8, 4) is 0 Å². The molecule has 0 saturated heterocycles. The van der Waals surface area contributed by atoms with Crippen LogP contribution in [0.5, 0.6) is 0 Å². The second-order valence-corrected chi connectivity index (χ2v) is 2.19. The van der Waals surface area contributed by atoms with Crippen LogP contribution in [0.4, 0.5) is 8.78 Å². The zero-order valence-electron chi connectivity index (χ0n) is 5.98. The topological polar surface area (TPSA) is 0 Å². The monoisotopic (exact) mass is 154 g/mol. The average molecular weight is 154 g/mol. The highest BCUT2D eigenvalue weighted by molar-refractivity contribution is 5.21. The second-order valence-electron chi connectivity index (χ2n) is 2.19. The van der Waals surface area contributed by atoms with Crippen LogP contribution in [-0.4, -0.2) is 0 Å². The minimum absolute atomic E-state index is 0.0856. The number of allylic oxidation sites excluding steroid dienone is 1. The smallest absolute Gasteiger partial charge is 0.129 e. The highest BCUT2D eigenvalue weighted by Crippen LogP contribution is 2.12. The average Bonchev–Trinajstić information content (AvgIpc) is 1.97. The van der Waals surface area contributed by atoms with Crippen LogP contribution in [-0.2, 0) is 6.42 Å². The van der Waals surface area contributed by atoms with Crippen LogP contribution >= 0.6 is 0 Å². The van der Waals surface area contributed by atoms with Gasteiger partial charge in [0, 0.05) is 5.56 Å². The van der Waals surface area contributed by atoms with Crippen molar-refractivity contribution >= 4 is 0 Å². The molecule has 11 heavy (non-hydrogen) atoms. The molecular weight excluding hydrogens is 146 g/mol. The van der Waals surface area contributed by atoms with Crippen molar-refractivity contribution in [3.05, 3.63) is 48.1 Å². The SMILES string of the molecule is C=CCc1c(F)cccc1F. The van der Waals surface area contributed by atoms with Crippen molar-refractivity contribution in [3.63, 3.8) is 0 Å². The Kier molecular flexibility index (Phi) is 2.36. The second kappa shape index (κ2) is 3.28. The van der Waals surface area contributed by atoms with E-state index in [1.165, 1.54) is 24.3 Å². The van der Waals surface area contributed by atoms with Crippen molar-refractivity contribution in [1.82, 2.24) is 0 Å². The van der Waals surface area contributed by atoms with E-state index in [0.717, 1.165) is 0 Å². The Balaban J connectivity index is 3.09. The number of rotatable bonds is 2. The maximum atomic E-state index is 12.7. The van der Waals surface area contributed by atoms with Gasteiger partial charge in [0.1, 0.15) is 11.6 Å². The van der Waals surface area contributed by atoms with Gasteiger partial charge in [0.05, 0.1) is 0 Å². The van der Waals surface area contributed by atoms with E-state index in [4.69, 9.17) is 0 Å². The van der Waals surface area contributed by atoms with Crippen LogP contribution in [0, 0.1) is 11.6 Å². The summed E-state index contributed by atoms with van der Waals surface area (Å²) in [4.78, 5) is 0. The molecule has 1 aromatic carbocycles. The van der Waals surface area contributed by atoms with Crippen LogP contribution in [0.15, 0.2) is 30.9 Å². The van der Waals surface area contributed by atoms with Gasteiger partial charge in [0.2, 0.25) is 0 Å². The minimum atomic E-state index is -0.509. The van der Waals surface area contributed by atoms with Gasteiger partial charge in [-0.25, -0.2) is 8.78 Å². The fraction of sp³-hybridized carbons (Fsp3) is 0.111. The van der Waals surface area contributed by atoms with Gasteiger partial charge in [-0.15, -0.1) is 6.58 Å². The first-order chi connectivity index (χ1) is 5.25. The molecular formula is C9H8F2. The molecule has 1 aromatic rings. The van der Waals surface area contributed by atoms with Gasteiger partial charge in [-0.1, -0.05) is 12.1 Å². The van der Waals surface area contributed by atoms with Gasteiger partial charge in [-0.05, 0) is 18.6 Å². The number of hydrogen-bond acceptors (Lipinski definition) is 0. The molecule has 0 amide bonds. The number of benzene rings is 1. The molecule has 0 unspecified atom stereocenters. The molecule has 0 aliphatic heterocycles. The molecule has 0 N–H and O–H groups in total. The Bertz CT molecular complexity index is 246. The summed E-state index contributed by atoms with van der Waals surface area (Å²) < 4.78 is 25.5. The lowest BCUT2D eigenvalue weighted by atomic mass is 10.1. The molecule has 0 aliphatic carbocycles. The Morgan fingerprint density at radius 1 is 1.27 bits per heavy atom. The summed E-state index contributed by atoms with van der Waals surface area (Å²) in [5, 5.41) is 0. The predicted octanol–water partition coefficient (Wildman–Crippen LogP) is 2.69. The quantitative estimate of drug-likeness (QED) is 0.574. The lowest BCUT2D eigenvalue weighted by Crippen LogP contribution is -1.92. The number of halogens is 2. The van der Waals surface area contributed by atoms with E-state index < -0.39 is 11.6 Å². The standard InChI is InChI=1S/C9H8F2/c1-2-4-7-8(10)5-3-6-9(7)11/h2-3,5-6H,1,4H2. The lowest BCUT2D eigenvalue weighted by molar-refractivity contribution is 0.562. The lowest BCUT2D eigenvalue weighted by Gasteiger charge is -1.99. The molecule has 0 nitrogen and oxygen atoms in total. The zero-order chi connectivity index (χ0) is 8.27. The summed E-state index contributed by atoms with van der Waals surface area (Å²) in [6.45, 7) is 3.40. The van der Waals surface area contributed by atoms with E-state index in [1.54, 1.807) is 0 Å². The van der Waals surface area contributed by atoms with E-state index in [2.05, 4.69) is 6.58 Å². The van der Waals surface area contributed by atoms with Gasteiger partial charge in [0.15, 0.2) is 0 Å². The summed E-state index contributed by atoms with van der Waals surface area (Å²) in [6.07, 6.45) is 1.71. The van der Waals surface area contributed by atoms with Crippen molar-refractivity contribution in [2.45, 2.75) is 6.42 Å². The third-order valence-electron chi connectivity index (χ3n) is 1.41. The van der Waals surface area contributed by atoms with E-state index in [9.17, 15) is 8.78 Å². The van der Waals surface area contributed by atoms with Crippen LogP contribution in [0.3, 0.4) is 0 Å². The van der Waals surface area contributed by atoms with E-state index in [-0.39, 0.29) is 12.0 Å². The zero-order valence-corrected chi connectivity index (χ0v) is 5.98. The first kappa shape index (κ1) is 7.92. The van der Waals surface area contributed by atoms with Crippen LogP contribution in [0.2, 0.25) is 0 Å². The highest BCUT2D eigenvalue weighted by atomic mass is 19.1. The van der Waals surface area contributed by atoms with Crippen molar-refractivity contribution in [2.75, 3.05) is 0 Å². The molecule has 0 spiro atoms. The summed E-state index contributed by atoms with van der Waals surface area (Å²) >= 11 is 0. The Labute approximate surface area is 64.2 Å². The predicted molar refractivity (Wildman–Crippen MR) is 40.3 cm³/mol. The molecule has 0 saturated carbocycles. The van der Waals surface area contributed by atoms with E-state index in [1.807, 2.05) is 0 Å². The Hall–Kier alpha value is -1.18. The third-order valence-corrected chi connectivity index (χ3v) is 1.41. The molecule has 2 heteroatoms. The molecule has 0 bridgehead atoms. The normalized spacial score (nSPS) is 9.64. The van der Waals surface area contributed by atoms with Crippen molar-refractivity contribution in [1.29, 1.82) is 0 Å². The fourth-order valence-corrected chi connectivity index (χ4v) is 0.872. The van der Waals surface area contributed by atoms with Crippen molar-refractivity contribution in [2.24, 2.45) is 0 Å². The molecule has 1 rings (SSSR count). The van der Waals surface area contributed by atoms with E-state index >= 15 is 0 Å². The summed E-state index contributed by atoms with van der Waals surface area (Å²) in [6, 6.07) is 3.82. The largest absolute Gasteiger partial charge is 0.207 e. The molecule has 0 fully saturated rings. The maximum absolute atomic E-state index is 12.7. The van der Waals surface area contributed by atoms with Crippen LogP contribution in [0.25, 0.3) is 0 Å². The molecule has 0 aromatic heterocycles. The summed E-state index contributed by atoms with van der Waals surface area (Å²) in [5.41, 5.74) is 0.0856. The molecule has 0 radical (unpaired) electrons. The third kappa shape index (κ3) is 1.64. The maximum Gasteiger partial charge on any atom is 0.129 e. The summed E-state index contributed by atoms with van der Waals surface area (Å²) in [5.74, 6) is -1.02. The minimum Gasteiger partial charge on any atom is -0.207 e. The van der Waals surface area contributed by atoms with Gasteiger partial charge in [0.25, 0.3) is 0 Å². The molecule has 0 heterocycles. The first-order valence-electron chi connectivity index (χ1n) is 3.29. The Morgan fingerprint density at radius 3 is 2.27 bits per heavy atom. The van der Waals surface area contributed by atoms with E-state index in [0.29, 0.717) is 0 Å². The van der Waals surface area contributed by atoms with Crippen LogP contribution < -0.4 is 0 Å². The molecule has 0 atom stereocenters. The number of hydrogen-bond donors (Lipinski definition) is 0. The molecule has 58 valence electrons. The van der Waals surface area contributed by atoms with Gasteiger partial charge >= 0.3 is 0 Å². The highest BCUT2D eigenvalue weighted by Gasteiger charge is 2.04. The molecule has 0 aliphatic rings. The first-order valence-corrected chi connectivity index (χ1v) is 3.29.